The fourth-order valence-corrected chi connectivity index (χ4v) is 5.43. The summed E-state index contributed by atoms with van der Waals surface area (Å²) in [5.74, 6) is 0.704. The molecule has 0 bridgehead atoms. The Morgan fingerprint density at radius 2 is 1.79 bits per heavy atom. The predicted molar refractivity (Wildman–Crippen MR) is 96.2 cm³/mol. The zero-order valence-electron chi connectivity index (χ0n) is 15.1. The van der Waals surface area contributed by atoms with Crippen LogP contribution in [0.1, 0.15) is 58.4 Å². The number of hydrogen-bond donors (Lipinski definition) is 3. The predicted octanol–water partition coefficient (Wildman–Crippen LogP) is 5.14. The molecule has 1 aromatic rings. The first-order valence-electron chi connectivity index (χ1n) is 9.11. The molecule has 1 aromatic carbocycles. The molecule has 0 heterocycles. The van der Waals surface area contributed by atoms with Crippen molar-refractivity contribution in [2.45, 2.75) is 59.3 Å². The van der Waals surface area contributed by atoms with Crippen LogP contribution in [-0.2, 0) is 6.42 Å². The van der Waals surface area contributed by atoms with Crippen molar-refractivity contribution in [1.82, 2.24) is 0 Å². The Morgan fingerprint density at radius 3 is 2.50 bits per heavy atom. The van der Waals surface area contributed by atoms with Gasteiger partial charge >= 0.3 is 0 Å². The molecule has 4 atom stereocenters. The van der Waals surface area contributed by atoms with Crippen molar-refractivity contribution >= 4 is 0 Å². The van der Waals surface area contributed by atoms with Crippen LogP contribution >= 0.6 is 0 Å². The molecule has 2 saturated carbocycles. The lowest BCUT2D eigenvalue weighted by Gasteiger charge is -2.58. The molecule has 2 fully saturated rings. The highest BCUT2D eigenvalue weighted by molar-refractivity contribution is 5.52. The molecule has 2 aliphatic carbocycles. The summed E-state index contributed by atoms with van der Waals surface area (Å²) in [6.07, 6.45) is 6.32. The van der Waals surface area contributed by atoms with E-state index in [1.54, 1.807) is 0 Å². The summed E-state index contributed by atoms with van der Waals surface area (Å²) in [5.41, 5.74) is 1.94. The van der Waals surface area contributed by atoms with Gasteiger partial charge in [-0.3, -0.25) is 0 Å². The van der Waals surface area contributed by atoms with E-state index in [1.807, 2.05) is 0 Å². The lowest BCUT2D eigenvalue weighted by atomic mass is 9.46. The third kappa shape index (κ3) is 2.40. The van der Waals surface area contributed by atoms with Crippen molar-refractivity contribution in [2.24, 2.45) is 22.7 Å². The average Bonchev–Trinajstić information content (AvgIpc) is 2.54. The monoisotopic (exact) mass is 330 g/mol. The van der Waals surface area contributed by atoms with Crippen LogP contribution in [0.25, 0.3) is 0 Å². The number of aromatic hydroxyl groups is 3. The summed E-state index contributed by atoms with van der Waals surface area (Å²) in [6, 6.07) is 2.81. The maximum absolute atomic E-state index is 10.3. The fraction of sp³-hybridized carbons (Fsp3) is 0.619. The summed E-state index contributed by atoms with van der Waals surface area (Å²) >= 11 is 0. The normalized spacial score (nSPS) is 36.4. The molecule has 2 aliphatic rings. The molecule has 3 rings (SSSR count). The van der Waals surface area contributed by atoms with E-state index in [9.17, 15) is 15.3 Å². The summed E-state index contributed by atoms with van der Waals surface area (Å²) in [6.45, 7) is 11.3. The van der Waals surface area contributed by atoms with E-state index < -0.39 is 0 Å². The Labute approximate surface area is 145 Å². The van der Waals surface area contributed by atoms with Gasteiger partial charge in [-0.05, 0) is 73.3 Å². The van der Waals surface area contributed by atoms with Crippen molar-refractivity contribution in [1.29, 1.82) is 0 Å². The number of hydrogen-bond acceptors (Lipinski definition) is 3. The van der Waals surface area contributed by atoms with E-state index in [-0.39, 0.29) is 28.1 Å². The molecule has 3 N–H and O–H groups in total. The van der Waals surface area contributed by atoms with Gasteiger partial charge in [0, 0.05) is 5.56 Å². The van der Waals surface area contributed by atoms with E-state index in [2.05, 4.69) is 27.4 Å². The Morgan fingerprint density at radius 1 is 1.12 bits per heavy atom. The van der Waals surface area contributed by atoms with Gasteiger partial charge in [-0.1, -0.05) is 32.9 Å². The van der Waals surface area contributed by atoms with E-state index >= 15 is 0 Å². The molecular formula is C21H30O3. The van der Waals surface area contributed by atoms with Gasteiger partial charge in [0.25, 0.3) is 0 Å². The Bertz CT molecular complexity index is 665. The van der Waals surface area contributed by atoms with Crippen molar-refractivity contribution in [3.63, 3.8) is 0 Å². The SMILES string of the molecule is C=C1CCC[C@H]2[C@](C)(Cc3c(O)ccc(O)c3O)[C@@H](C)CC[C@@]12C. The van der Waals surface area contributed by atoms with Crippen molar-refractivity contribution in [3.8, 4) is 17.2 Å². The fourth-order valence-electron chi connectivity index (χ4n) is 5.43. The minimum atomic E-state index is -0.176. The quantitative estimate of drug-likeness (QED) is 0.399. The smallest absolute Gasteiger partial charge is 0.164 e. The van der Waals surface area contributed by atoms with Crippen molar-refractivity contribution < 1.29 is 15.3 Å². The zero-order valence-corrected chi connectivity index (χ0v) is 15.1. The van der Waals surface area contributed by atoms with Gasteiger partial charge in [-0.15, -0.1) is 0 Å². The number of fused-ring (bicyclic) bond motifs is 1. The van der Waals surface area contributed by atoms with Gasteiger partial charge < -0.3 is 15.3 Å². The van der Waals surface area contributed by atoms with Gasteiger partial charge in [0.2, 0.25) is 0 Å². The number of rotatable bonds is 2. The summed E-state index contributed by atoms with van der Waals surface area (Å²) in [5, 5.41) is 30.4. The standard InChI is InChI=1S/C21H30O3/c1-13-6-5-7-18-20(13,3)11-10-14(2)21(18,4)12-15-16(22)8-9-17(23)19(15)24/h8-9,14,18,22-24H,1,5-7,10-12H2,2-4H3/t14-,18+,20-,21+/m0/s1. The molecule has 3 nitrogen and oxygen atoms in total. The largest absolute Gasteiger partial charge is 0.508 e. The minimum absolute atomic E-state index is 0.0425. The maximum atomic E-state index is 10.3. The van der Waals surface area contributed by atoms with E-state index in [0.29, 0.717) is 23.8 Å². The average molecular weight is 330 g/mol. The van der Waals surface area contributed by atoms with Crippen LogP contribution in [0, 0.1) is 22.7 Å². The molecule has 24 heavy (non-hydrogen) atoms. The Kier molecular flexibility index (Phi) is 4.09. The number of benzene rings is 1. The Hall–Kier alpha value is -1.64. The summed E-state index contributed by atoms with van der Waals surface area (Å²) in [4.78, 5) is 0. The second-order valence-corrected chi connectivity index (χ2v) is 8.52. The molecule has 0 radical (unpaired) electrons. The lowest BCUT2D eigenvalue weighted by molar-refractivity contribution is -0.0493. The Balaban J connectivity index is 2.04. The molecule has 0 aromatic heterocycles. The second-order valence-electron chi connectivity index (χ2n) is 8.52. The number of phenols is 3. The summed E-state index contributed by atoms with van der Waals surface area (Å²) < 4.78 is 0. The number of allylic oxidation sites excluding steroid dienone is 1. The number of phenolic OH excluding ortho intramolecular Hbond substituents is 3. The van der Waals surface area contributed by atoms with Crippen LogP contribution in [0.3, 0.4) is 0 Å². The summed E-state index contributed by atoms with van der Waals surface area (Å²) in [7, 11) is 0. The van der Waals surface area contributed by atoms with Crippen LogP contribution < -0.4 is 0 Å². The van der Waals surface area contributed by atoms with Gasteiger partial charge in [0.15, 0.2) is 11.5 Å². The minimum Gasteiger partial charge on any atom is -0.508 e. The molecule has 0 saturated heterocycles. The van der Waals surface area contributed by atoms with Crippen LogP contribution in [0.2, 0.25) is 0 Å². The molecule has 3 heteroatoms. The molecular weight excluding hydrogens is 300 g/mol. The molecule has 132 valence electrons. The first-order valence-corrected chi connectivity index (χ1v) is 9.11. The molecule has 0 unspecified atom stereocenters. The van der Waals surface area contributed by atoms with E-state index in [1.165, 1.54) is 30.5 Å². The molecule has 0 amide bonds. The van der Waals surface area contributed by atoms with Crippen LogP contribution in [0.15, 0.2) is 24.3 Å². The van der Waals surface area contributed by atoms with Crippen molar-refractivity contribution in [2.75, 3.05) is 0 Å². The topological polar surface area (TPSA) is 60.7 Å². The van der Waals surface area contributed by atoms with Gasteiger partial charge in [0.1, 0.15) is 5.75 Å². The van der Waals surface area contributed by atoms with Gasteiger partial charge in [-0.25, -0.2) is 0 Å². The van der Waals surface area contributed by atoms with Gasteiger partial charge in [-0.2, -0.15) is 0 Å². The highest BCUT2D eigenvalue weighted by atomic mass is 16.3. The highest BCUT2D eigenvalue weighted by Crippen LogP contribution is 2.62. The van der Waals surface area contributed by atoms with E-state index in [0.717, 1.165) is 19.3 Å². The van der Waals surface area contributed by atoms with Crippen LogP contribution in [0.5, 0.6) is 17.2 Å². The molecule has 0 aliphatic heterocycles. The lowest BCUT2D eigenvalue weighted by Crippen LogP contribution is -2.51. The zero-order chi connectivity index (χ0) is 17.7. The van der Waals surface area contributed by atoms with E-state index in [4.69, 9.17) is 0 Å². The van der Waals surface area contributed by atoms with Crippen molar-refractivity contribution in [3.05, 3.63) is 29.8 Å². The van der Waals surface area contributed by atoms with Crippen LogP contribution in [-0.4, -0.2) is 15.3 Å². The van der Waals surface area contributed by atoms with Gasteiger partial charge in [0.05, 0.1) is 0 Å². The first kappa shape index (κ1) is 17.2. The molecule has 0 spiro atoms. The van der Waals surface area contributed by atoms with Crippen LogP contribution in [0.4, 0.5) is 0 Å². The first-order chi connectivity index (χ1) is 11.2. The second kappa shape index (κ2) is 5.72. The third-order valence-electron chi connectivity index (χ3n) is 7.36. The maximum Gasteiger partial charge on any atom is 0.164 e. The third-order valence-corrected chi connectivity index (χ3v) is 7.36. The highest BCUT2D eigenvalue weighted by Gasteiger charge is 2.54.